The number of nitrogens with one attached hydrogen (secondary N) is 1. The van der Waals surface area contributed by atoms with Gasteiger partial charge in [-0.15, -0.1) is 0 Å². The van der Waals surface area contributed by atoms with Crippen molar-refractivity contribution >= 4 is 34.3 Å². The lowest BCUT2D eigenvalue weighted by Gasteiger charge is -2.35. The SMILES string of the molecule is C[C@@H]1C[C@H](C)CN(c2ncc(Cl)c(Cc3ccc4c(c3)c(NC(C)(C)c3ncccn3)nc(=O)n4C)n2)C1. The van der Waals surface area contributed by atoms with Crippen molar-refractivity contribution in [3.63, 3.8) is 0 Å². The highest BCUT2D eigenvalue weighted by atomic mass is 35.5. The van der Waals surface area contributed by atoms with E-state index in [2.05, 4.69) is 44.0 Å². The van der Waals surface area contributed by atoms with Gasteiger partial charge in [-0.05, 0) is 55.9 Å². The highest BCUT2D eigenvalue weighted by Gasteiger charge is 2.26. The van der Waals surface area contributed by atoms with Crippen molar-refractivity contribution in [2.45, 2.75) is 46.1 Å². The summed E-state index contributed by atoms with van der Waals surface area (Å²) in [6.07, 6.45) is 6.84. The molecule has 0 aliphatic carbocycles. The van der Waals surface area contributed by atoms with E-state index in [1.54, 1.807) is 36.3 Å². The van der Waals surface area contributed by atoms with Crippen LogP contribution in [0.15, 0.2) is 47.7 Å². The molecule has 4 aromatic rings. The van der Waals surface area contributed by atoms with Gasteiger partial charge in [0.05, 0.1) is 28.0 Å². The number of rotatable bonds is 6. The second-order valence-corrected chi connectivity index (χ2v) is 11.4. The number of nitrogens with zero attached hydrogens (tertiary/aromatic N) is 7. The molecule has 5 rings (SSSR count). The Bertz CT molecular complexity index is 1510. The molecule has 0 radical (unpaired) electrons. The lowest BCUT2D eigenvalue weighted by Crippen LogP contribution is -2.39. The number of hydrogen-bond donors (Lipinski definition) is 1. The quantitative estimate of drug-likeness (QED) is 0.385. The average Bonchev–Trinajstić information content (AvgIpc) is 2.88. The van der Waals surface area contributed by atoms with E-state index in [1.807, 2.05) is 32.0 Å². The van der Waals surface area contributed by atoms with E-state index in [4.69, 9.17) is 16.6 Å². The van der Waals surface area contributed by atoms with Crippen LogP contribution >= 0.6 is 11.6 Å². The summed E-state index contributed by atoms with van der Waals surface area (Å²) in [5.41, 5.74) is 1.55. The zero-order valence-electron chi connectivity index (χ0n) is 22.4. The summed E-state index contributed by atoms with van der Waals surface area (Å²) < 4.78 is 1.55. The Balaban J connectivity index is 1.50. The van der Waals surface area contributed by atoms with Gasteiger partial charge in [-0.2, -0.15) is 4.98 Å². The summed E-state index contributed by atoms with van der Waals surface area (Å²) >= 11 is 6.57. The molecule has 1 aromatic carbocycles. The van der Waals surface area contributed by atoms with E-state index in [9.17, 15) is 4.79 Å². The first-order valence-corrected chi connectivity index (χ1v) is 13.3. The molecule has 2 atom stereocenters. The summed E-state index contributed by atoms with van der Waals surface area (Å²) in [5.74, 6) is 3.00. The second-order valence-electron chi connectivity index (χ2n) is 11.0. The Morgan fingerprint density at radius 1 is 1.08 bits per heavy atom. The summed E-state index contributed by atoms with van der Waals surface area (Å²) in [4.78, 5) is 37.5. The Morgan fingerprint density at radius 2 is 1.79 bits per heavy atom. The van der Waals surface area contributed by atoms with Crippen LogP contribution in [0, 0.1) is 11.8 Å². The van der Waals surface area contributed by atoms with E-state index in [-0.39, 0.29) is 5.69 Å². The Morgan fingerprint density at radius 3 is 2.50 bits per heavy atom. The van der Waals surface area contributed by atoms with Crippen molar-refractivity contribution in [2.24, 2.45) is 18.9 Å². The zero-order valence-corrected chi connectivity index (χ0v) is 23.2. The molecule has 0 spiro atoms. The molecule has 1 aliphatic heterocycles. The summed E-state index contributed by atoms with van der Waals surface area (Å²) in [6, 6.07) is 7.75. The molecule has 4 heterocycles. The molecule has 0 bridgehead atoms. The second kappa shape index (κ2) is 10.3. The van der Waals surface area contributed by atoms with Crippen molar-refractivity contribution in [3.8, 4) is 0 Å². The number of benzene rings is 1. The highest BCUT2D eigenvalue weighted by Crippen LogP contribution is 2.29. The Hall–Kier alpha value is -3.59. The number of halogens is 1. The minimum atomic E-state index is -0.656. The van der Waals surface area contributed by atoms with Crippen LogP contribution < -0.4 is 15.9 Å². The van der Waals surface area contributed by atoms with Gasteiger partial charge in [0, 0.05) is 44.3 Å². The molecular formula is C28H33ClN8O. The normalized spacial score (nSPS) is 18.1. The Labute approximate surface area is 227 Å². The van der Waals surface area contributed by atoms with Crippen LogP contribution in [-0.4, -0.2) is 42.6 Å². The van der Waals surface area contributed by atoms with Crippen LogP contribution in [0.2, 0.25) is 5.02 Å². The van der Waals surface area contributed by atoms with Crippen molar-refractivity contribution < 1.29 is 0 Å². The van der Waals surface area contributed by atoms with E-state index in [0.29, 0.717) is 34.9 Å². The maximum atomic E-state index is 12.7. The number of aryl methyl sites for hydroxylation is 1. The fourth-order valence-electron chi connectivity index (χ4n) is 5.27. The topological polar surface area (TPSA) is 102 Å². The van der Waals surface area contributed by atoms with Gasteiger partial charge in [-0.25, -0.2) is 24.7 Å². The standard InChI is InChI=1S/C28H33ClN8O/c1-17-11-18(2)16-37(15-17)26-32-14-21(29)22(33-26)13-19-7-8-23-20(12-19)24(34-27(38)36(23)5)35-28(3,4)25-30-9-6-10-31-25/h6-10,12,14,17-18H,11,13,15-16H2,1-5H3,(H,34,35,38)/t17-,18+. The van der Waals surface area contributed by atoms with E-state index in [1.165, 1.54) is 6.42 Å². The fraction of sp³-hybridized carbons (Fsp3) is 0.429. The molecule has 9 nitrogen and oxygen atoms in total. The van der Waals surface area contributed by atoms with Crippen molar-refractivity contribution in [2.75, 3.05) is 23.3 Å². The third kappa shape index (κ3) is 5.34. The van der Waals surface area contributed by atoms with E-state index in [0.717, 1.165) is 41.2 Å². The molecule has 0 saturated carbocycles. The lowest BCUT2D eigenvalue weighted by molar-refractivity contribution is 0.353. The van der Waals surface area contributed by atoms with Gasteiger partial charge in [0.2, 0.25) is 5.95 Å². The van der Waals surface area contributed by atoms with Gasteiger partial charge in [-0.1, -0.05) is 31.5 Å². The maximum Gasteiger partial charge on any atom is 0.349 e. The van der Waals surface area contributed by atoms with Crippen LogP contribution in [0.25, 0.3) is 10.9 Å². The molecule has 1 N–H and O–H groups in total. The smallest absolute Gasteiger partial charge is 0.349 e. The van der Waals surface area contributed by atoms with Crippen LogP contribution in [0.3, 0.4) is 0 Å². The van der Waals surface area contributed by atoms with Crippen LogP contribution in [0.4, 0.5) is 11.8 Å². The summed E-state index contributed by atoms with van der Waals surface area (Å²) in [5, 5.41) is 4.75. The number of hydrogen-bond acceptors (Lipinski definition) is 8. The largest absolute Gasteiger partial charge is 0.357 e. The van der Waals surface area contributed by atoms with Crippen molar-refractivity contribution in [1.29, 1.82) is 0 Å². The maximum absolute atomic E-state index is 12.7. The van der Waals surface area contributed by atoms with Gasteiger partial charge < -0.3 is 10.2 Å². The van der Waals surface area contributed by atoms with Crippen LogP contribution in [0.1, 0.15) is 51.2 Å². The van der Waals surface area contributed by atoms with Gasteiger partial charge in [0.25, 0.3) is 0 Å². The Kier molecular flexibility index (Phi) is 7.05. The summed E-state index contributed by atoms with van der Waals surface area (Å²) in [6.45, 7) is 10.3. The van der Waals surface area contributed by atoms with Crippen molar-refractivity contribution in [1.82, 2.24) is 29.5 Å². The molecule has 1 fully saturated rings. The molecule has 0 unspecified atom stereocenters. The zero-order chi connectivity index (χ0) is 27.0. The molecule has 1 saturated heterocycles. The first-order chi connectivity index (χ1) is 18.1. The first kappa shape index (κ1) is 26.0. The number of anilines is 2. The van der Waals surface area contributed by atoms with Crippen molar-refractivity contribution in [3.05, 3.63) is 75.4 Å². The molecule has 10 heteroatoms. The monoisotopic (exact) mass is 532 g/mol. The van der Waals surface area contributed by atoms with Crippen LogP contribution in [-0.2, 0) is 19.0 Å². The summed E-state index contributed by atoms with van der Waals surface area (Å²) in [7, 11) is 1.72. The van der Waals surface area contributed by atoms with E-state index >= 15 is 0 Å². The molecule has 38 heavy (non-hydrogen) atoms. The third-order valence-corrected chi connectivity index (χ3v) is 7.37. The molecule has 3 aromatic heterocycles. The van der Waals surface area contributed by atoms with Gasteiger partial charge in [0.15, 0.2) is 5.82 Å². The number of fused-ring (bicyclic) bond motifs is 1. The molecule has 0 amide bonds. The average molecular weight is 533 g/mol. The minimum Gasteiger partial charge on any atom is -0.357 e. The first-order valence-electron chi connectivity index (χ1n) is 12.9. The predicted molar refractivity (Wildman–Crippen MR) is 151 cm³/mol. The lowest BCUT2D eigenvalue weighted by atomic mass is 9.92. The molecule has 198 valence electrons. The van der Waals surface area contributed by atoms with Gasteiger partial charge in [0.1, 0.15) is 5.82 Å². The van der Waals surface area contributed by atoms with Crippen LogP contribution in [0.5, 0.6) is 0 Å². The predicted octanol–water partition coefficient (Wildman–Crippen LogP) is 4.59. The minimum absolute atomic E-state index is 0.342. The van der Waals surface area contributed by atoms with Gasteiger partial charge in [-0.3, -0.25) is 4.57 Å². The fourth-order valence-corrected chi connectivity index (χ4v) is 5.42. The number of piperidine rings is 1. The highest BCUT2D eigenvalue weighted by molar-refractivity contribution is 6.31. The van der Waals surface area contributed by atoms with E-state index < -0.39 is 5.54 Å². The van der Waals surface area contributed by atoms with Gasteiger partial charge >= 0.3 is 5.69 Å². The molecular weight excluding hydrogens is 500 g/mol. The third-order valence-electron chi connectivity index (χ3n) is 7.05. The molecule has 1 aliphatic rings. The number of aromatic nitrogens is 6.